The van der Waals surface area contributed by atoms with Crippen molar-refractivity contribution in [2.24, 2.45) is 5.73 Å². The number of hydrogen-bond donors (Lipinski definition) is 2. The number of halogens is 1. The molecule has 3 N–H and O–H groups in total. The van der Waals surface area contributed by atoms with Crippen molar-refractivity contribution in [3.05, 3.63) is 35.1 Å². The van der Waals surface area contributed by atoms with Crippen LogP contribution >= 0.6 is 0 Å². The molecule has 1 aromatic rings. The van der Waals surface area contributed by atoms with E-state index in [0.29, 0.717) is 17.7 Å². The van der Waals surface area contributed by atoms with Crippen molar-refractivity contribution in [1.29, 1.82) is 0 Å². The number of nitrogens with two attached hydrogens (primary N) is 1. The molecule has 1 rings (SSSR count). The molecule has 4 nitrogen and oxygen atoms in total. The van der Waals surface area contributed by atoms with Crippen LogP contribution in [0.3, 0.4) is 0 Å². The normalized spacial score (nSPS) is 12.8. The van der Waals surface area contributed by atoms with Gasteiger partial charge in [0.25, 0.3) is 0 Å². The van der Waals surface area contributed by atoms with Gasteiger partial charge in [-0.1, -0.05) is 12.1 Å². The van der Waals surface area contributed by atoms with Crippen molar-refractivity contribution < 1.29 is 14.3 Å². The SMILES string of the molecule is CN(C)Cc1ccc(CC(N)C(=O)O)cc1F. The largest absolute Gasteiger partial charge is 0.480 e. The Morgan fingerprint density at radius 1 is 1.53 bits per heavy atom. The molecule has 94 valence electrons. The minimum atomic E-state index is -1.08. The highest BCUT2D eigenvalue weighted by molar-refractivity contribution is 5.73. The maximum absolute atomic E-state index is 13.6. The van der Waals surface area contributed by atoms with Crippen LogP contribution in [-0.2, 0) is 17.8 Å². The molecule has 0 saturated carbocycles. The molecule has 17 heavy (non-hydrogen) atoms. The van der Waals surface area contributed by atoms with Crippen LogP contribution in [0.1, 0.15) is 11.1 Å². The van der Waals surface area contributed by atoms with Gasteiger partial charge in [-0.05, 0) is 32.1 Å². The number of aliphatic carboxylic acids is 1. The Bertz CT molecular complexity index is 407. The number of benzene rings is 1. The van der Waals surface area contributed by atoms with Gasteiger partial charge in [0, 0.05) is 12.1 Å². The highest BCUT2D eigenvalue weighted by Crippen LogP contribution is 2.13. The second kappa shape index (κ2) is 5.75. The quantitative estimate of drug-likeness (QED) is 0.800. The first kappa shape index (κ1) is 13.6. The highest BCUT2D eigenvalue weighted by Gasteiger charge is 2.13. The molecule has 0 radical (unpaired) electrons. The van der Waals surface area contributed by atoms with Gasteiger partial charge in [0.15, 0.2) is 0 Å². The molecule has 0 aliphatic carbocycles. The maximum atomic E-state index is 13.6. The van der Waals surface area contributed by atoms with Gasteiger partial charge in [0.05, 0.1) is 0 Å². The Hall–Kier alpha value is -1.46. The van der Waals surface area contributed by atoms with Crippen molar-refractivity contribution in [3.63, 3.8) is 0 Å². The summed E-state index contributed by atoms with van der Waals surface area (Å²) in [6, 6.07) is 3.74. The average molecular weight is 240 g/mol. The van der Waals surface area contributed by atoms with Gasteiger partial charge < -0.3 is 15.7 Å². The summed E-state index contributed by atoms with van der Waals surface area (Å²) in [6.07, 6.45) is 0.133. The lowest BCUT2D eigenvalue weighted by Gasteiger charge is -2.12. The van der Waals surface area contributed by atoms with Crippen molar-refractivity contribution in [3.8, 4) is 0 Å². The third kappa shape index (κ3) is 4.13. The molecule has 5 heteroatoms. The van der Waals surface area contributed by atoms with E-state index < -0.39 is 12.0 Å². The number of hydrogen-bond acceptors (Lipinski definition) is 3. The predicted octanol–water partition coefficient (Wildman–Crippen LogP) is 0.842. The summed E-state index contributed by atoms with van der Waals surface area (Å²) in [5.74, 6) is -1.41. The Morgan fingerprint density at radius 2 is 2.18 bits per heavy atom. The van der Waals surface area contributed by atoms with Gasteiger partial charge in [-0.2, -0.15) is 0 Å². The van der Waals surface area contributed by atoms with E-state index >= 15 is 0 Å². The summed E-state index contributed by atoms with van der Waals surface area (Å²) < 4.78 is 13.6. The van der Waals surface area contributed by atoms with Crippen LogP contribution in [0.15, 0.2) is 18.2 Å². The number of carbonyl (C=O) groups is 1. The van der Waals surface area contributed by atoms with E-state index in [1.165, 1.54) is 6.07 Å². The molecular weight excluding hydrogens is 223 g/mol. The lowest BCUT2D eigenvalue weighted by atomic mass is 10.0. The molecule has 0 spiro atoms. The molecular formula is C12H17FN2O2. The zero-order chi connectivity index (χ0) is 13.0. The van der Waals surface area contributed by atoms with Crippen LogP contribution in [0.4, 0.5) is 4.39 Å². The molecule has 0 fully saturated rings. The number of carboxylic acid groups (broad SMARTS) is 1. The summed E-state index contributed by atoms with van der Waals surface area (Å²) in [7, 11) is 3.71. The van der Waals surface area contributed by atoms with Crippen LogP contribution < -0.4 is 5.73 Å². The molecule has 1 aromatic carbocycles. The van der Waals surface area contributed by atoms with Crippen LogP contribution in [0.25, 0.3) is 0 Å². The molecule has 1 unspecified atom stereocenters. The van der Waals surface area contributed by atoms with Crippen LogP contribution in [-0.4, -0.2) is 36.1 Å². The van der Waals surface area contributed by atoms with E-state index in [1.807, 2.05) is 19.0 Å². The summed E-state index contributed by atoms with van der Waals surface area (Å²) in [6.45, 7) is 0.511. The molecule has 0 heterocycles. The number of nitrogens with zero attached hydrogens (tertiary/aromatic N) is 1. The predicted molar refractivity (Wildman–Crippen MR) is 63.1 cm³/mol. The average Bonchev–Trinajstić information content (AvgIpc) is 2.21. The lowest BCUT2D eigenvalue weighted by molar-refractivity contribution is -0.138. The smallest absolute Gasteiger partial charge is 0.320 e. The Morgan fingerprint density at radius 3 is 2.65 bits per heavy atom. The maximum Gasteiger partial charge on any atom is 0.320 e. The van der Waals surface area contributed by atoms with E-state index in [0.717, 1.165) is 0 Å². The van der Waals surface area contributed by atoms with Gasteiger partial charge in [0.2, 0.25) is 0 Å². The third-order valence-electron chi connectivity index (χ3n) is 2.38. The lowest BCUT2D eigenvalue weighted by Crippen LogP contribution is -2.32. The van der Waals surface area contributed by atoms with E-state index in [-0.39, 0.29) is 12.2 Å². The van der Waals surface area contributed by atoms with Crippen LogP contribution in [0, 0.1) is 5.82 Å². The first-order chi connectivity index (χ1) is 7.90. The molecule has 0 amide bonds. The molecule has 0 aromatic heterocycles. The van der Waals surface area contributed by atoms with Crippen molar-refractivity contribution in [1.82, 2.24) is 4.90 Å². The molecule has 0 saturated heterocycles. The fraction of sp³-hybridized carbons (Fsp3) is 0.417. The summed E-state index contributed by atoms with van der Waals surface area (Å²) in [5.41, 5.74) is 6.57. The minimum Gasteiger partial charge on any atom is -0.480 e. The van der Waals surface area contributed by atoms with E-state index in [2.05, 4.69) is 0 Å². The van der Waals surface area contributed by atoms with Gasteiger partial charge in [-0.25, -0.2) is 4.39 Å². The fourth-order valence-corrected chi connectivity index (χ4v) is 1.53. The second-order valence-corrected chi connectivity index (χ2v) is 4.31. The van der Waals surface area contributed by atoms with E-state index in [9.17, 15) is 9.18 Å². The Balaban J connectivity index is 2.78. The van der Waals surface area contributed by atoms with Crippen LogP contribution in [0.5, 0.6) is 0 Å². The van der Waals surface area contributed by atoms with Crippen molar-refractivity contribution >= 4 is 5.97 Å². The summed E-state index contributed by atoms with van der Waals surface area (Å²) >= 11 is 0. The van der Waals surface area contributed by atoms with Crippen molar-refractivity contribution in [2.75, 3.05) is 14.1 Å². The minimum absolute atomic E-state index is 0.133. The van der Waals surface area contributed by atoms with E-state index in [1.54, 1.807) is 12.1 Å². The number of carboxylic acids is 1. The second-order valence-electron chi connectivity index (χ2n) is 4.31. The Labute approximate surface area is 99.8 Å². The van der Waals surface area contributed by atoms with Crippen molar-refractivity contribution in [2.45, 2.75) is 19.0 Å². The first-order valence-corrected chi connectivity index (χ1v) is 5.30. The monoisotopic (exact) mass is 240 g/mol. The van der Waals surface area contributed by atoms with Crippen LogP contribution in [0.2, 0.25) is 0 Å². The molecule has 1 atom stereocenters. The topological polar surface area (TPSA) is 66.6 Å². The van der Waals surface area contributed by atoms with Gasteiger partial charge in [-0.3, -0.25) is 4.79 Å². The fourth-order valence-electron chi connectivity index (χ4n) is 1.53. The molecule has 0 aliphatic rings. The summed E-state index contributed by atoms with van der Waals surface area (Å²) in [5, 5.41) is 8.66. The Kier molecular flexibility index (Phi) is 4.60. The third-order valence-corrected chi connectivity index (χ3v) is 2.38. The van der Waals surface area contributed by atoms with Gasteiger partial charge >= 0.3 is 5.97 Å². The molecule has 0 aliphatic heterocycles. The zero-order valence-corrected chi connectivity index (χ0v) is 9.98. The van der Waals surface area contributed by atoms with E-state index in [4.69, 9.17) is 10.8 Å². The first-order valence-electron chi connectivity index (χ1n) is 5.30. The standard InChI is InChI=1S/C12H17FN2O2/c1-15(2)7-9-4-3-8(5-10(9)13)6-11(14)12(16)17/h3-5,11H,6-7,14H2,1-2H3,(H,16,17). The number of rotatable bonds is 5. The summed E-state index contributed by atoms with van der Waals surface area (Å²) in [4.78, 5) is 12.4. The van der Waals surface area contributed by atoms with Gasteiger partial charge in [-0.15, -0.1) is 0 Å². The highest BCUT2D eigenvalue weighted by atomic mass is 19.1. The zero-order valence-electron chi connectivity index (χ0n) is 9.98. The van der Waals surface area contributed by atoms with Gasteiger partial charge in [0.1, 0.15) is 11.9 Å². The molecule has 0 bridgehead atoms.